The Labute approximate surface area is 184 Å². The van der Waals surface area contributed by atoms with Crippen molar-refractivity contribution in [3.8, 4) is 10.6 Å². The van der Waals surface area contributed by atoms with E-state index in [1.807, 2.05) is 16.8 Å². The zero-order valence-corrected chi connectivity index (χ0v) is 18.5. The molecule has 30 heavy (non-hydrogen) atoms. The van der Waals surface area contributed by atoms with Crippen LogP contribution in [0.3, 0.4) is 0 Å². The van der Waals surface area contributed by atoms with Crippen molar-refractivity contribution in [1.82, 2.24) is 4.98 Å². The first kappa shape index (κ1) is 20.7. The summed E-state index contributed by atoms with van der Waals surface area (Å²) < 4.78 is 10.2. The van der Waals surface area contributed by atoms with E-state index >= 15 is 0 Å². The number of thiazole rings is 1. The van der Waals surface area contributed by atoms with Crippen molar-refractivity contribution in [3.05, 3.63) is 43.9 Å². The van der Waals surface area contributed by atoms with Crippen LogP contribution in [0.4, 0.5) is 5.00 Å². The van der Waals surface area contributed by atoms with Crippen molar-refractivity contribution < 1.29 is 23.9 Å². The number of nitrogens with one attached hydrogen (secondary N) is 1. The standard InChI is InChI=1S/C20H18N2O5S3/c1-2-26-20(25)16-12-4-3-5-14(12)30-18(16)22-15(23)8-27-19(24)13-10-29-17(21-13)11-6-7-28-9-11/h6-7,9-10H,2-5,8H2,1H3,(H,22,23). The summed E-state index contributed by atoms with van der Waals surface area (Å²) >= 11 is 4.27. The Balaban J connectivity index is 1.38. The number of ether oxygens (including phenoxy) is 2. The average molecular weight is 463 g/mol. The summed E-state index contributed by atoms with van der Waals surface area (Å²) in [5.74, 6) is -1.61. The molecule has 1 amide bonds. The minimum Gasteiger partial charge on any atom is -0.462 e. The number of nitrogens with zero attached hydrogens (tertiary/aromatic N) is 1. The van der Waals surface area contributed by atoms with Crippen LogP contribution in [-0.2, 0) is 27.1 Å². The molecule has 0 unspecified atom stereocenters. The van der Waals surface area contributed by atoms with Gasteiger partial charge in [0.25, 0.3) is 5.91 Å². The number of anilines is 1. The first-order valence-electron chi connectivity index (χ1n) is 9.33. The Bertz CT molecular complexity index is 1080. The smallest absolute Gasteiger partial charge is 0.358 e. The first-order chi connectivity index (χ1) is 14.6. The molecule has 7 nitrogen and oxygen atoms in total. The van der Waals surface area contributed by atoms with E-state index in [0.29, 0.717) is 10.6 Å². The molecule has 1 aliphatic rings. The van der Waals surface area contributed by atoms with Crippen molar-refractivity contribution in [2.75, 3.05) is 18.5 Å². The minimum absolute atomic E-state index is 0.163. The number of rotatable bonds is 7. The van der Waals surface area contributed by atoms with Crippen LogP contribution in [0.5, 0.6) is 0 Å². The third-order valence-electron chi connectivity index (χ3n) is 4.47. The molecule has 156 valence electrons. The third kappa shape index (κ3) is 4.30. The molecule has 1 aliphatic carbocycles. The number of fused-ring (bicyclic) bond motifs is 1. The predicted octanol–water partition coefficient (Wildman–Crippen LogP) is 4.39. The highest BCUT2D eigenvalue weighted by Crippen LogP contribution is 2.39. The zero-order valence-electron chi connectivity index (χ0n) is 16.1. The van der Waals surface area contributed by atoms with E-state index in [9.17, 15) is 14.4 Å². The van der Waals surface area contributed by atoms with Gasteiger partial charge in [-0.05, 0) is 43.2 Å². The van der Waals surface area contributed by atoms with Crippen LogP contribution < -0.4 is 5.32 Å². The van der Waals surface area contributed by atoms with Crippen LogP contribution in [0.15, 0.2) is 22.2 Å². The maximum atomic E-state index is 12.4. The number of hydrogen-bond donors (Lipinski definition) is 1. The summed E-state index contributed by atoms with van der Waals surface area (Å²) in [6.45, 7) is 1.54. The molecule has 0 saturated carbocycles. The van der Waals surface area contributed by atoms with Gasteiger partial charge in [0, 0.05) is 21.2 Å². The van der Waals surface area contributed by atoms with Crippen molar-refractivity contribution in [3.63, 3.8) is 0 Å². The number of carbonyl (C=O) groups excluding carboxylic acids is 3. The van der Waals surface area contributed by atoms with Gasteiger partial charge in [0.15, 0.2) is 12.3 Å². The largest absolute Gasteiger partial charge is 0.462 e. The van der Waals surface area contributed by atoms with Gasteiger partial charge in [0.1, 0.15) is 10.0 Å². The fraction of sp³-hybridized carbons (Fsp3) is 0.300. The number of esters is 2. The van der Waals surface area contributed by atoms with E-state index in [1.54, 1.807) is 23.6 Å². The zero-order chi connectivity index (χ0) is 21.1. The van der Waals surface area contributed by atoms with Gasteiger partial charge < -0.3 is 14.8 Å². The molecular formula is C20H18N2O5S3. The van der Waals surface area contributed by atoms with Crippen molar-refractivity contribution in [1.29, 1.82) is 0 Å². The Hall–Kier alpha value is -2.56. The molecule has 0 bridgehead atoms. The minimum atomic E-state index is -0.665. The fourth-order valence-electron chi connectivity index (χ4n) is 3.17. The molecule has 10 heteroatoms. The van der Waals surface area contributed by atoms with Crippen LogP contribution in [0.2, 0.25) is 0 Å². The van der Waals surface area contributed by atoms with Crippen LogP contribution in [0.25, 0.3) is 10.6 Å². The highest BCUT2D eigenvalue weighted by molar-refractivity contribution is 7.17. The number of aryl methyl sites for hydroxylation is 1. The average Bonchev–Trinajstić information content (AvgIpc) is 3.49. The number of carbonyl (C=O) groups is 3. The van der Waals surface area contributed by atoms with E-state index < -0.39 is 24.5 Å². The van der Waals surface area contributed by atoms with Gasteiger partial charge in [0.05, 0.1) is 12.2 Å². The second-order valence-electron chi connectivity index (χ2n) is 6.46. The van der Waals surface area contributed by atoms with Gasteiger partial charge in [0.2, 0.25) is 0 Å². The molecule has 0 fully saturated rings. The number of amides is 1. The molecule has 3 aromatic heterocycles. The highest BCUT2D eigenvalue weighted by atomic mass is 32.1. The topological polar surface area (TPSA) is 94.6 Å². The molecule has 0 aliphatic heterocycles. The SMILES string of the molecule is CCOC(=O)c1c(NC(=O)COC(=O)c2csc(-c3ccsc3)n2)sc2c1CCC2. The monoisotopic (exact) mass is 462 g/mol. The van der Waals surface area contributed by atoms with E-state index in [2.05, 4.69) is 10.3 Å². The Kier molecular flexibility index (Phi) is 6.26. The summed E-state index contributed by atoms with van der Waals surface area (Å²) in [6, 6.07) is 1.92. The predicted molar refractivity (Wildman–Crippen MR) is 117 cm³/mol. The van der Waals surface area contributed by atoms with Crippen molar-refractivity contribution in [2.45, 2.75) is 26.2 Å². The Morgan fingerprint density at radius 2 is 2.03 bits per heavy atom. The third-order valence-corrected chi connectivity index (χ3v) is 7.25. The number of aromatic nitrogens is 1. The lowest BCUT2D eigenvalue weighted by Crippen LogP contribution is -2.22. The fourth-order valence-corrected chi connectivity index (χ4v) is 5.96. The summed E-state index contributed by atoms with van der Waals surface area (Å²) in [7, 11) is 0. The lowest BCUT2D eigenvalue weighted by Gasteiger charge is -2.08. The van der Waals surface area contributed by atoms with Gasteiger partial charge in [-0.25, -0.2) is 14.6 Å². The summed E-state index contributed by atoms with van der Waals surface area (Å²) in [4.78, 5) is 42.3. The molecular weight excluding hydrogens is 444 g/mol. The lowest BCUT2D eigenvalue weighted by atomic mass is 10.1. The number of thiophene rings is 2. The molecule has 0 atom stereocenters. The molecule has 3 aromatic rings. The van der Waals surface area contributed by atoms with E-state index in [0.717, 1.165) is 40.3 Å². The van der Waals surface area contributed by atoms with Gasteiger partial charge in [-0.3, -0.25) is 4.79 Å². The van der Waals surface area contributed by atoms with Crippen molar-refractivity contribution >= 4 is 56.9 Å². The lowest BCUT2D eigenvalue weighted by molar-refractivity contribution is -0.119. The van der Waals surface area contributed by atoms with E-state index in [4.69, 9.17) is 9.47 Å². The molecule has 0 spiro atoms. The van der Waals surface area contributed by atoms with Gasteiger partial charge in [-0.15, -0.1) is 22.7 Å². The van der Waals surface area contributed by atoms with Gasteiger partial charge in [-0.1, -0.05) is 0 Å². The summed E-state index contributed by atoms with van der Waals surface area (Å²) in [6.07, 6.45) is 2.66. The van der Waals surface area contributed by atoms with E-state index in [1.165, 1.54) is 22.7 Å². The second-order valence-corrected chi connectivity index (χ2v) is 9.20. The molecule has 0 aromatic carbocycles. The van der Waals surface area contributed by atoms with Crippen LogP contribution >= 0.6 is 34.0 Å². The van der Waals surface area contributed by atoms with Crippen LogP contribution in [-0.4, -0.2) is 36.0 Å². The van der Waals surface area contributed by atoms with Crippen molar-refractivity contribution in [2.24, 2.45) is 0 Å². The highest BCUT2D eigenvalue weighted by Gasteiger charge is 2.28. The van der Waals surface area contributed by atoms with Gasteiger partial charge >= 0.3 is 11.9 Å². The summed E-state index contributed by atoms with van der Waals surface area (Å²) in [5, 5.41) is 9.36. The Morgan fingerprint density at radius 3 is 2.80 bits per heavy atom. The molecule has 1 N–H and O–H groups in total. The maximum absolute atomic E-state index is 12.4. The normalized spacial score (nSPS) is 12.4. The maximum Gasteiger partial charge on any atom is 0.358 e. The first-order valence-corrected chi connectivity index (χ1v) is 12.0. The summed E-state index contributed by atoms with van der Waals surface area (Å²) in [5.41, 5.74) is 2.48. The second kappa shape index (κ2) is 9.07. The van der Waals surface area contributed by atoms with Gasteiger partial charge in [-0.2, -0.15) is 11.3 Å². The Morgan fingerprint density at radius 1 is 1.17 bits per heavy atom. The van der Waals surface area contributed by atoms with Crippen LogP contribution in [0.1, 0.15) is 44.6 Å². The number of hydrogen-bond acceptors (Lipinski definition) is 9. The van der Waals surface area contributed by atoms with E-state index in [-0.39, 0.29) is 12.3 Å². The molecule has 0 saturated heterocycles. The molecule has 3 heterocycles. The van der Waals surface area contributed by atoms with Crippen LogP contribution in [0, 0.1) is 0 Å². The molecule has 0 radical (unpaired) electrons. The molecule has 4 rings (SSSR count). The quantitative estimate of drug-likeness (QED) is 0.523.